The maximum Gasteiger partial charge on any atom is 0.313 e. The van der Waals surface area contributed by atoms with Gasteiger partial charge in [-0.3, -0.25) is 14.6 Å². The summed E-state index contributed by atoms with van der Waals surface area (Å²) in [4.78, 5) is 28.9. The number of fused-ring (bicyclic) bond motifs is 1. The molecule has 3 rings (SSSR count). The van der Waals surface area contributed by atoms with Crippen LogP contribution in [0.3, 0.4) is 0 Å². The number of amides is 2. The Kier molecular flexibility index (Phi) is 5.12. The van der Waals surface area contributed by atoms with Crippen molar-refractivity contribution in [2.24, 2.45) is 5.92 Å². The summed E-state index contributed by atoms with van der Waals surface area (Å²) >= 11 is 0. The zero-order valence-corrected chi connectivity index (χ0v) is 14.6. The summed E-state index contributed by atoms with van der Waals surface area (Å²) in [6.45, 7) is 3.97. The molecule has 1 aliphatic carbocycles. The maximum absolute atomic E-state index is 12.3. The number of pyridine rings is 1. The lowest BCUT2D eigenvalue weighted by atomic mass is 10.0. The minimum atomic E-state index is -0.653. The van der Waals surface area contributed by atoms with Crippen LogP contribution in [0.5, 0.6) is 0 Å². The second-order valence-corrected chi connectivity index (χ2v) is 6.74. The van der Waals surface area contributed by atoms with Crippen molar-refractivity contribution in [3.05, 3.63) is 59.4 Å². The van der Waals surface area contributed by atoms with Gasteiger partial charge >= 0.3 is 11.8 Å². The number of hydrogen-bond acceptors (Lipinski definition) is 3. The number of benzene rings is 1. The molecule has 0 bridgehead atoms. The van der Waals surface area contributed by atoms with Crippen molar-refractivity contribution in [3.63, 3.8) is 0 Å². The summed E-state index contributed by atoms with van der Waals surface area (Å²) in [6.07, 6.45) is 4.94. The fourth-order valence-electron chi connectivity index (χ4n) is 3.19. The molecular formula is C20H23N3O2. The third-order valence-corrected chi connectivity index (χ3v) is 4.52. The number of carbonyl (C=O) groups excluding carboxylic acids is 2. The first kappa shape index (κ1) is 17.1. The molecule has 2 N–H and O–H groups in total. The topological polar surface area (TPSA) is 71.1 Å². The van der Waals surface area contributed by atoms with Crippen LogP contribution in [0.4, 0.5) is 5.69 Å². The van der Waals surface area contributed by atoms with Gasteiger partial charge in [-0.05, 0) is 60.6 Å². The van der Waals surface area contributed by atoms with Crippen LogP contribution < -0.4 is 10.6 Å². The molecule has 0 unspecified atom stereocenters. The van der Waals surface area contributed by atoms with E-state index in [-0.39, 0.29) is 12.0 Å². The van der Waals surface area contributed by atoms with E-state index in [1.54, 1.807) is 6.20 Å². The summed E-state index contributed by atoms with van der Waals surface area (Å²) in [5.41, 5.74) is 4.00. The Morgan fingerprint density at radius 3 is 2.56 bits per heavy atom. The number of hydrogen-bond donors (Lipinski definition) is 2. The molecule has 0 fully saturated rings. The molecular weight excluding hydrogens is 314 g/mol. The van der Waals surface area contributed by atoms with Gasteiger partial charge in [0.2, 0.25) is 0 Å². The third kappa shape index (κ3) is 4.05. The van der Waals surface area contributed by atoms with E-state index in [2.05, 4.69) is 15.6 Å². The summed E-state index contributed by atoms with van der Waals surface area (Å²) in [5.74, 6) is -1.18. The fourth-order valence-corrected chi connectivity index (χ4v) is 3.19. The molecule has 2 amide bonds. The number of nitrogens with one attached hydrogen (secondary N) is 2. The van der Waals surface area contributed by atoms with Crippen LogP contribution in [-0.4, -0.2) is 16.8 Å². The van der Waals surface area contributed by atoms with Crippen molar-refractivity contribution in [1.29, 1.82) is 0 Å². The second kappa shape index (κ2) is 7.47. The van der Waals surface area contributed by atoms with E-state index < -0.39 is 11.8 Å². The van der Waals surface area contributed by atoms with E-state index in [1.165, 1.54) is 11.1 Å². The quantitative estimate of drug-likeness (QED) is 0.843. The van der Waals surface area contributed by atoms with Crippen molar-refractivity contribution in [2.45, 2.75) is 39.2 Å². The average molecular weight is 337 g/mol. The van der Waals surface area contributed by atoms with E-state index in [0.29, 0.717) is 5.69 Å². The van der Waals surface area contributed by atoms with E-state index in [4.69, 9.17) is 0 Å². The highest BCUT2D eigenvalue weighted by atomic mass is 16.2. The highest BCUT2D eigenvalue weighted by Gasteiger charge is 2.23. The lowest BCUT2D eigenvalue weighted by Gasteiger charge is -2.21. The van der Waals surface area contributed by atoms with E-state index >= 15 is 0 Å². The highest BCUT2D eigenvalue weighted by Crippen LogP contribution is 2.25. The molecule has 0 radical (unpaired) electrons. The van der Waals surface area contributed by atoms with Gasteiger partial charge in [0.25, 0.3) is 0 Å². The molecule has 2 aromatic rings. The molecule has 5 heteroatoms. The Labute approximate surface area is 147 Å². The van der Waals surface area contributed by atoms with E-state index in [0.717, 1.165) is 25.0 Å². The smallest absolute Gasteiger partial charge is 0.313 e. The standard InChI is InChI=1S/C20H23N3O2/c1-13(2)18(17-8-3-4-11-21-17)23-20(25)19(24)22-16-10-9-14-6-5-7-15(14)12-16/h3-4,8-13,18H,5-7H2,1-2H3,(H,22,24)(H,23,25)/t18-/m0/s1. The predicted octanol–water partition coefficient (Wildman–Crippen LogP) is 3.02. The second-order valence-electron chi connectivity index (χ2n) is 6.74. The van der Waals surface area contributed by atoms with Crippen molar-refractivity contribution in [1.82, 2.24) is 10.3 Å². The molecule has 0 saturated carbocycles. The number of nitrogens with zero attached hydrogens (tertiary/aromatic N) is 1. The molecule has 0 saturated heterocycles. The first-order chi connectivity index (χ1) is 12.0. The van der Waals surface area contributed by atoms with Crippen LogP contribution in [0.15, 0.2) is 42.6 Å². The zero-order chi connectivity index (χ0) is 17.8. The number of aryl methyl sites for hydroxylation is 2. The molecule has 5 nitrogen and oxygen atoms in total. The number of anilines is 1. The summed E-state index contributed by atoms with van der Waals surface area (Å²) < 4.78 is 0. The van der Waals surface area contributed by atoms with Crippen molar-refractivity contribution >= 4 is 17.5 Å². The molecule has 25 heavy (non-hydrogen) atoms. The molecule has 1 aromatic heterocycles. The summed E-state index contributed by atoms with van der Waals surface area (Å²) in [7, 11) is 0. The van der Waals surface area contributed by atoms with Gasteiger partial charge in [-0.15, -0.1) is 0 Å². The maximum atomic E-state index is 12.3. The SMILES string of the molecule is CC(C)[C@H](NC(=O)C(=O)Nc1ccc2c(c1)CCC2)c1ccccn1. The first-order valence-corrected chi connectivity index (χ1v) is 8.69. The van der Waals surface area contributed by atoms with Crippen molar-refractivity contribution in [2.75, 3.05) is 5.32 Å². The van der Waals surface area contributed by atoms with Crippen LogP contribution in [-0.2, 0) is 22.4 Å². The van der Waals surface area contributed by atoms with Gasteiger partial charge in [0.15, 0.2) is 0 Å². The highest BCUT2D eigenvalue weighted by molar-refractivity contribution is 6.39. The Hall–Kier alpha value is -2.69. The third-order valence-electron chi connectivity index (χ3n) is 4.52. The Morgan fingerprint density at radius 1 is 1.04 bits per heavy atom. The van der Waals surface area contributed by atoms with Gasteiger partial charge < -0.3 is 10.6 Å². The number of aromatic nitrogens is 1. The molecule has 0 spiro atoms. The van der Waals surface area contributed by atoms with Crippen LogP contribution in [0.1, 0.15) is 43.1 Å². The Morgan fingerprint density at radius 2 is 1.84 bits per heavy atom. The number of carbonyl (C=O) groups is 2. The Bertz CT molecular complexity index is 772. The first-order valence-electron chi connectivity index (χ1n) is 8.69. The molecule has 1 aliphatic rings. The monoisotopic (exact) mass is 337 g/mol. The molecule has 1 aromatic carbocycles. The molecule has 1 atom stereocenters. The van der Waals surface area contributed by atoms with Gasteiger partial charge in [0.1, 0.15) is 0 Å². The normalized spacial score (nSPS) is 14.0. The predicted molar refractivity (Wildman–Crippen MR) is 97.1 cm³/mol. The Balaban J connectivity index is 1.66. The summed E-state index contributed by atoms with van der Waals surface area (Å²) in [5, 5.41) is 5.49. The zero-order valence-electron chi connectivity index (χ0n) is 14.6. The van der Waals surface area contributed by atoms with Crippen molar-refractivity contribution in [3.8, 4) is 0 Å². The lowest BCUT2D eigenvalue weighted by Crippen LogP contribution is -2.39. The lowest BCUT2D eigenvalue weighted by molar-refractivity contribution is -0.136. The van der Waals surface area contributed by atoms with Crippen LogP contribution in [0, 0.1) is 5.92 Å². The fraction of sp³-hybridized carbons (Fsp3) is 0.350. The van der Waals surface area contributed by atoms with Crippen LogP contribution in [0.25, 0.3) is 0 Å². The summed E-state index contributed by atoms with van der Waals surface area (Å²) in [6, 6.07) is 11.1. The van der Waals surface area contributed by atoms with Gasteiger partial charge in [-0.25, -0.2) is 0 Å². The van der Waals surface area contributed by atoms with Gasteiger partial charge in [0, 0.05) is 11.9 Å². The minimum absolute atomic E-state index is 0.117. The molecule has 1 heterocycles. The van der Waals surface area contributed by atoms with Gasteiger partial charge in [-0.2, -0.15) is 0 Å². The van der Waals surface area contributed by atoms with Gasteiger partial charge in [0.05, 0.1) is 11.7 Å². The minimum Gasteiger partial charge on any atom is -0.339 e. The van der Waals surface area contributed by atoms with Crippen LogP contribution >= 0.6 is 0 Å². The average Bonchev–Trinajstić information content (AvgIpc) is 3.07. The van der Waals surface area contributed by atoms with E-state index in [9.17, 15) is 9.59 Å². The molecule has 0 aliphatic heterocycles. The number of rotatable bonds is 4. The van der Waals surface area contributed by atoms with E-state index in [1.807, 2.05) is 50.2 Å². The molecule has 130 valence electrons. The van der Waals surface area contributed by atoms with Gasteiger partial charge in [-0.1, -0.05) is 26.0 Å². The largest absolute Gasteiger partial charge is 0.339 e. The van der Waals surface area contributed by atoms with Crippen molar-refractivity contribution < 1.29 is 9.59 Å². The van der Waals surface area contributed by atoms with Crippen LogP contribution in [0.2, 0.25) is 0 Å².